The first kappa shape index (κ1) is 14.9. The van der Waals surface area contributed by atoms with Gasteiger partial charge in [-0.1, -0.05) is 97.1 Å². The van der Waals surface area contributed by atoms with Crippen LogP contribution in [0.15, 0.2) is 97.1 Å². The van der Waals surface area contributed by atoms with Crippen molar-refractivity contribution in [1.82, 2.24) is 0 Å². The summed E-state index contributed by atoms with van der Waals surface area (Å²) in [5.74, 6) is 1.04. The van der Waals surface area contributed by atoms with E-state index >= 15 is 0 Å². The molecule has 0 N–H and O–H groups in total. The minimum Gasteiger partial charge on any atom is -0.0620 e. The molecule has 28 heavy (non-hydrogen) atoms. The van der Waals surface area contributed by atoms with Gasteiger partial charge in [0, 0.05) is 5.92 Å². The van der Waals surface area contributed by atoms with Crippen molar-refractivity contribution >= 4 is 0 Å². The van der Waals surface area contributed by atoms with Crippen LogP contribution >= 0.6 is 0 Å². The first-order valence-corrected chi connectivity index (χ1v) is 10.3. The highest BCUT2D eigenvalue weighted by molar-refractivity contribution is 5.86. The maximum absolute atomic E-state index is 2.40. The van der Waals surface area contributed by atoms with E-state index in [1.165, 1.54) is 33.4 Å². The van der Waals surface area contributed by atoms with Gasteiger partial charge in [0.2, 0.25) is 0 Å². The lowest BCUT2D eigenvalue weighted by molar-refractivity contribution is 0.490. The van der Waals surface area contributed by atoms with Gasteiger partial charge in [-0.15, -0.1) is 0 Å². The summed E-state index contributed by atoms with van der Waals surface area (Å²) in [6, 6.07) is 36.6. The Kier molecular flexibility index (Phi) is 2.67. The predicted molar refractivity (Wildman–Crippen MR) is 114 cm³/mol. The lowest BCUT2D eigenvalue weighted by Crippen LogP contribution is -2.31. The Morgan fingerprint density at radius 1 is 0.536 bits per heavy atom. The van der Waals surface area contributed by atoms with Crippen LogP contribution in [-0.4, -0.2) is 0 Å². The molecule has 0 saturated carbocycles. The summed E-state index contributed by atoms with van der Waals surface area (Å²) >= 11 is 0. The maximum Gasteiger partial charge on any atom is 0.0540 e. The van der Waals surface area contributed by atoms with Crippen molar-refractivity contribution in [3.63, 3.8) is 0 Å². The fourth-order valence-corrected chi connectivity index (χ4v) is 6.66. The lowest BCUT2D eigenvalue weighted by Gasteiger charge is -2.36. The second-order valence-corrected chi connectivity index (χ2v) is 8.47. The zero-order valence-electron chi connectivity index (χ0n) is 15.6. The summed E-state index contributed by atoms with van der Waals surface area (Å²) in [7, 11) is 0. The van der Waals surface area contributed by atoms with E-state index in [0.717, 1.165) is 6.42 Å². The molecule has 132 valence electrons. The molecule has 0 heteroatoms. The molecule has 0 amide bonds. The van der Waals surface area contributed by atoms with Gasteiger partial charge < -0.3 is 0 Å². The van der Waals surface area contributed by atoms with E-state index in [4.69, 9.17) is 0 Å². The largest absolute Gasteiger partial charge is 0.0620 e. The van der Waals surface area contributed by atoms with E-state index in [2.05, 4.69) is 97.1 Å². The summed E-state index contributed by atoms with van der Waals surface area (Å²) in [5, 5.41) is 0. The van der Waals surface area contributed by atoms with Crippen LogP contribution in [0, 0.1) is 0 Å². The van der Waals surface area contributed by atoms with Crippen molar-refractivity contribution < 1.29 is 0 Å². The van der Waals surface area contributed by atoms with Crippen LogP contribution in [0.1, 0.15) is 45.2 Å². The van der Waals surface area contributed by atoms with E-state index < -0.39 is 0 Å². The molecule has 0 aromatic heterocycles. The molecule has 2 unspecified atom stereocenters. The van der Waals surface area contributed by atoms with Crippen LogP contribution in [0.5, 0.6) is 0 Å². The Labute approximate surface area is 165 Å². The summed E-state index contributed by atoms with van der Waals surface area (Å²) in [5.41, 5.74) is 11.9. The molecular weight excluding hydrogens is 336 g/mol. The van der Waals surface area contributed by atoms with Gasteiger partial charge in [-0.25, -0.2) is 0 Å². The fraction of sp³-hybridized carbons (Fsp3) is 0.143. The minimum atomic E-state index is -0.0684. The predicted octanol–water partition coefficient (Wildman–Crippen LogP) is 6.44. The van der Waals surface area contributed by atoms with Gasteiger partial charge in [-0.2, -0.15) is 0 Å². The summed E-state index contributed by atoms with van der Waals surface area (Å²) in [6.07, 6.45) is 1.16. The molecule has 0 heterocycles. The number of rotatable bonds is 0. The highest BCUT2D eigenvalue weighted by Crippen LogP contribution is 2.69. The van der Waals surface area contributed by atoms with Gasteiger partial charge in [-0.05, 0) is 56.8 Å². The highest BCUT2D eigenvalue weighted by Gasteiger charge is 2.60. The topological polar surface area (TPSA) is 0 Å². The molecule has 0 saturated heterocycles. The van der Waals surface area contributed by atoms with Crippen molar-refractivity contribution in [3.05, 3.63) is 130 Å². The molecule has 3 aliphatic rings. The number of benzene rings is 4. The molecule has 4 aromatic rings. The molecule has 3 aliphatic carbocycles. The van der Waals surface area contributed by atoms with Crippen molar-refractivity contribution in [2.45, 2.75) is 23.7 Å². The van der Waals surface area contributed by atoms with Crippen LogP contribution in [0.2, 0.25) is 0 Å². The van der Waals surface area contributed by atoms with Gasteiger partial charge in [0.25, 0.3) is 0 Å². The van der Waals surface area contributed by atoms with Crippen LogP contribution in [0.4, 0.5) is 0 Å². The molecule has 4 aromatic carbocycles. The van der Waals surface area contributed by atoms with Gasteiger partial charge in [0.15, 0.2) is 0 Å². The fourth-order valence-electron chi connectivity index (χ4n) is 6.66. The zero-order valence-corrected chi connectivity index (χ0v) is 15.6. The second kappa shape index (κ2) is 5.02. The number of hydrogen-bond donors (Lipinski definition) is 0. The van der Waals surface area contributed by atoms with Crippen LogP contribution in [-0.2, 0) is 11.8 Å². The van der Waals surface area contributed by atoms with Gasteiger partial charge in [0.1, 0.15) is 0 Å². The molecule has 0 aliphatic heterocycles. The zero-order chi connectivity index (χ0) is 18.3. The Hall–Kier alpha value is -3.12. The number of fused-ring (bicyclic) bond motifs is 12. The van der Waals surface area contributed by atoms with E-state index in [1.807, 2.05) is 0 Å². The Morgan fingerprint density at radius 3 is 1.79 bits per heavy atom. The molecule has 7 rings (SSSR count). The van der Waals surface area contributed by atoms with E-state index in [9.17, 15) is 0 Å². The third kappa shape index (κ3) is 1.52. The Morgan fingerprint density at radius 2 is 1.07 bits per heavy atom. The van der Waals surface area contributed by atoms with Crippen molar-refractivity contribution in [1.29, 1.82) is 0 Å². The van der Waals surface area contributed by atoms with Crippen molar-refractivity contribution in [2.24, 2.45) is 0 Å². The highest BCUT2D eigenvalue weighted by atomic mass is 14.6. The Bertz CT molecular complexity index is 1220. The SMILES string of the molecule is c1ccc2c(c1)CC1c3ccccc3C3(c4ccccc4-c4ccccc43)C21. The van der Waals surface area contributed by atoms with Crippen LogP contribution in [0.25, 0.3) is 11.1 Å². The quantitative estimate of drug-likeness (QED) is 0.340. The van der Waals surface area contributed by atoms with Crippen LogP contribution < -0.4 is 0 Å². The summed E-state index contributed by atoms with van der Waals surface area (Å²) in [4.78, 5) is 0. The first-order chi connectivity index (χ1) is 13.9. The minimum absolute atomic E-state index is 0.0684. The maximum atomic E-state index is 2.40. The van der Waals surface area contributed by atoms with Crippen LogP contribution in [0.3, 0.4) is 0 Å². The van der Waals surface area contributed by atoms with Gasteiger partial charge in [0.05, 0.1) is 5.41 Å². The van der Waals surface area contributed by atoms with Crippen molar-refractivity contribution in [3.8, 4) is 11.1 Å². The van der Waals surface area contributed by atoms with E-state index in [0.29, 0.717) is 11.8 Å². The van der Waals surface area contributed by atoms with E-state index in [1.54, 1.807) is 11.1 Å². The third-order valence-electron chi connectivity index (χ3n) is 7.48. The molecule has 0 nitrogen and oxygen atoms in total. The molecular formula is C28H20. The smallest absolute Gasteiger partial charge is 0.0540 e. The van der Waals surface area contributed by atoms with Gasteiger partial charge >= 0.3 is 0 Å². The molecule has 0 bridgehead atoms. The summed E-state index contributed by atoms with van der Waals surface area (Å²) in [6.45, 7) is 0. The number of hydrogen-bond acceptors (Lipinski definition) is 0. The molecule has 1 spiro atoms. The molecule has 0 fully saturated rings. The third-order valence-corrected chi connectivity index (χ3v) is 7.48. The standard InChI is InChI=1S/C28H20/c1-2-10-19-18(9-1)17-23-22-13-5-8-16-26(22)28(27(19)23)24-14-6-3-11-20(24)21-12-4-7-15-25(21)28/h1-16,23,27H,17H2. The second-order valence-electron chi connectivity index (χ2n) is 8.47. The monoisotopic (exact) mass is 356 g/mol. The molecule has 2 atom stereocenters. The average Bonchev–Trinajstić information content (AvgIpc) is 3.37. The van der Waals surface area contributed by atoms with Crippen molar-refractivity contribution in [2.75, 3.05) is 0 Å². The molecule has 0 radical (unpaired) electrons. The van der Waals surface area contributed by atoms with Gasteiger partial charge in [-0.3, -0.25) is 0 Å². The summed E-state index contributed by atoms with van der Waals surface area (Å²) < 4.78 is 0. The Balaban J connectivity index is 1.68. The lowest BCUT2D eigenvalue weighted by atomic mass is 9.65. The van der Waals surface area contributed by atoms with E-state index in [-0.39, 0.29) is 5.41 Å². The normalized spacial score (nSPS) is 21.7. The first-order valence-electron chi connectivity index (χ1n) is 10.3. The average molecular weight is 356 g/mol.